The first kappa shape index (κ1) is 16.8. The minimum Gasteiger partial charge on any atom is -0.350 e. The van der Waals surface area contributed by atoms with Crippen molar-refractivity contribution in [3.05, 3.63) is 17.5 Å². The molecule has 5 nitrogen and oxygen atoms in total. The first-order chi connectivity index (χ1) is 11.3. The van der Waals surface area contributed by atoms with Crippen LogP contribution < -0.4 is 5.32 Å². The lowest BCUT2D eigenvalue weighted by Gasteiger charge is -2.33. The second-order valence-corrected chi connectivity index (χ2v) is 7.54. The summed E-state index contributed by atoms with van der Waals surface area (Å²) in [7, 11) is 0. The third-order valence-corrected chi connectivity index (χ3v) is 5.48. The van der Waals surface area contributed by atoms with Crippen molar-refractivity contribution in [2.24, 2.45) is 0 Å². The molecule has 0 aromatic carbocycles. The number of carbonyl (C=O) groups is 1. The average Bonchev–Trinajstić information content (AvgIpc) is 2.84. The van der Waals surface area contributed by atoms with E-state index in [9.17, 15) is 4.79 Å². The van der Waals surface area contributed by atoms with Crippen molar-refractivity contribution in [3.8, 4) is 0 Å². The molecule has 1 aliphatic heterocycles. The van der Waals surface area contributed by atoms with E-state index in [1.807, 2.05) is 6.26 Å². The van der Waals surface area contributed by atoms with Crippen molar-refractivity contribution in [1.29, 1.82) is 0 Å². The highest BCUT2D eigenvalue weighted by atomic mass is 32.2. The summed E-state index contributed by atoms with van der Waals surface area (Å²) in [5.41, 5.74) is 2.29. The maximum Gasteiger partial charge on any atom is 0.230 e. The van der Waals surface area contributed by atoms with E-state index in [0.717, 1.165) is 24.8 Å². The van der Waals surface area contributed by atoms with E-state index in [0.29, 0.717) is 12.3 Å². The molecule has 0 bridgehead atoms. The zero-order valence-corrected chi connectivity index (χ0v) is 14.9. The quantitative estimate of drug-likeness (QED) is 0.897. The van der Waals surface area contributed by atoms with Crippen molar-refractivity contribution < 1.29 is 4.79 Å². The van der Waals surface area contributed by atoms with Gasteiger partial charge in [-0.15, -0.1) is 0 Å². The number of amides is 1. The lowest BCUT2D eigenvalue weighted by molar-refractivity contribution is -0.118. The van der Waals surface area contributed by atoms with Gasteiger partial charge in [-0.3, -0.25) is 14.4 Å². The third-order valence-electron chi connectivity index (χ3n) is 4.93. The number of carbonyl (C=O) groups excluding carboxylic acids is 1. The van der Waals surface area contributed by atoms with Gasteiger partial charge in [0.2, 0.25) is 5.91 Å². The number of aryl methyl sites for hydroxylation is 1. The predicted octanol–water partition coefficient (Wildman–Crippen LogP) is 2.40. The van der Waals surface area contributed by atoms with Crippen molar-refractivity contribution in [2.75, 3.05) is 18.6 Å². The Balaban J connectivity index is 1.61. The van der Waals surface area contributed by atoms with Crippen molar-refractivity contribution in [2.45, 2.75) is 64.2 Å². The van der Waals surface area contributed by atoms with Crippen LogP contribution in [0.4, 0.5) is 0 Å². The second kappa shape index (κ2) is 8.20. The molecule has 1 saturated carbocycles. The highest BCUT2D eigenvalue weighted by molar-refractivity contribution is 7.99. The molecule has 1 N–H and O–H groups in total. The number of fused-ring (bicyclic) bond motifs is 1. The van der Waals surface area contributed by atoms with Crippen LogP contribution in [0.2, 0.25) is 0 Å². The van der Waals surface area contributed by atoms with Gasteiger partial charge in [0.25, 0.3) is 0 Å². The Bertz CT molecular complexity index is 525. The standard InChI is InChI=1S/C17H28N4OS/c1-23-13-17(22)18-11-14-10-16-12-20(8-5-9-21(16)19-14)15-6-3-2-4-7-15/h10,15H,2-9,11-13H2,1H3,(H,18,22). The molecule has 2 aliphatic rings. The fraction of sp³-hybridized carbons (Fsp3) is 0.765. The van der Waals surface area contributed by atoms with Gasteiger partial charge in [0.1, 0.15) is 0 Å². The molecule has 1 aliphatic carbocycles. The first-order valence-corrected chi connectivity index (χ1v) is 10.2. The average molecular weight is 337 g/mol. The van der Waals surface area contributed by atoms with Gasteiger partial charge in [0.05, 0.1) is 23.7 Å². The monoisotopic (exact) mass is 336 g/mol. The lowest BCUT2D eigenvalue weighted by Crippen LogP contribution is -2.36. The lowest BCUT2D eigenvalue weighted by atomic mass is 9.94. The van der Waals surface area contributed by atoms with E-state index in [-0.39, 0.29) is 5.91 Å². The summed E-state index contributed by atoms with van der Waals surface area (Å²) in [6.07, 6.45) is 9.99. The normalized spacial score (nSPS) is 20.0. The molecule has 0 atom stereocenters. The van der Waals surface area contributed by atoms with Crippen molar-refractivity contribution in [1.82, 2.24) is 20.0 Å². The van der Waals surface area contributed by atoms with Crippen LogP contribution in [0.25, 0.3) is 0 Å². The van der Waals surface area contributed by atoms with Gasteiger partial charge in [-0.05, 0) is 31.6 Å². The number of nitrogens with one attached hydrogen (secondary N) is 1. The topological polar surface area (TPSA) is 50.2 Å². The smallest absolute Gasteiger partial charge is 0.230 e. The van der Waals surface area contributed by atoms with Gasteiger partial charge in [0, 0.05) is 25.7 Å². The Hall–Kier alpha value is -1.01. The fourth-order valence-corrected chi connectivity index (χ4v) is 4.13. The summed E-state index contributed by atoms with van der Waals surface area (Å²) >= 11 is 1.55. The molecule has 0 saturated heterocycles. The molecular weight excluding hydrogens is 308 g/mol. The van der Waals surface area contributed by atoms with Gasteiger partial charge in [0.15, 0.2) is 0 Å². The second-order valence-electron chi connectivity index (χ2n) is 6.68. The summed E-state index contributed by atoms with van der Waals surface area (Å²) in [4.78, 5) is 14.3. The van der Waals surface area contributed by atoms with Crippen LogP contribution in [0.15, 0.2) is 6.07 Å². The Morgan fingerprint density at radius 3 is 2.91 bits per heavy atom. The van der Waals surface area contributed by atoms with Crippen LogP contribution in [0.5, 0.6) is 0 Å². The molecule has 1 fully saturated rings. The number of thioether (sulfide) groups is 1. The Morgan fingerprint density at radius 2 is 2.13 bits per heavy atom. The van der Waals surface area contributed by atoms with Crippen LogP contribution in [0, 0.1) is 0 Å². The predicted molar refractivity (Wildman–Crippen MR) is 94.4 cm³/mol. The van der Waals surface area contributed by atoms with Crippen LogP contribution in [0.3, 0.4) is 0 Å². The SMILES string of the molecule is CSCC(=O)NCc1cc2n(n1)CCCN(C1CCCCC1)C2. The number of hydrogen-bond acceptors (Lipinski definition) is 4. The van der Waals surface area contributed by atoms with E-state index < -0.39 is 0 Å². The molecule has 1 aromatic rings. The fourth-order valence-electron chi connectivity index (χ4n) is 3.76. The van der Waals surface area contributed by atoms with Crippen LogP contribution in [-0.2, 0) is 24.4 Å². The maximum absolute atomic E-state index is 11.6. The Kier molecular flexibility index (Phi) is 6.00. The Morgan fingerprint density at radius 1 is 1.30 bits per heavy atom. The molecular formula is C17H28N4OS. The van der Waals surface area contributed by atoms with Gasteiger partial charge in [-0.25, -0.2) is 0 Å². The Labute approximate surface area is 143 Å². The van der Waals surface area contributed by atoms with E-state index in [2.05, 4.69) is 21.0 Å². The minimum atomic E-state index is 0.0875. The van der Waals surface area contributed by atoms with Gasteiger partial charge >= 0.3 is 0 Å². The van der Waals surface area contributed by atoms with Crippen LogP contribution in [-0.4, -0.2) is 45.2 Å². The molecule has 0 spiro atoms. The molecule has 1 aromatic heterocycles. The number of nitrogens with zero attached hydrogens (tertiary/aromatic N) is 3. The van der Waals surface area contributed by atoms with E-state index >= 15 is 0 Å². The summed E-state index contributed by atoms with van der Waals surface area (Å²) in [5, 5.41) is 7.64. The molecule has 128 valence electrons. The highest BCUT2D eigenvalue weighted by Crippen LogP contribution is 2.25. The minimum absolute atomic E-state index is 0.0875. The summed E-state index contributed by atoms with van der Waals surface area (Å²) in [6, 6.07) is 2.94. The molecule has 3 rings (SSSR count). The van der Waals surface area contributed by atoms with E-state index in [1.165, 1.54) is 50.8 Å². The summed E-state index contributed by atoms with van der Waals surface area (Å²) in [6.45, 7) is 3.74. The summed E-state index contributed by atoms with van der Waals surface area (Å²) in [5.74, 6) is 0.604. The zero-order chi connectivity index (χ0) is 16.1. The number of aromatic nitrogens is 2. The zero-order valence-electron chi connectivity index (χ0n) is 14.1. The number of hydrogen-bond donors (Lipinski definition) is 1. The largest absolute Gasteiger partial charge is 0.350 e. The third kappa shape index (κ3) is 4.51. The molecule has 2 heterocycles. The van der Waals surface area contributed by atoms with Gasteiger partial charge in [-0.2, -0.15) is 16.9 Å². The van der Waals surface area contributed by atoms with Crippen molar-refractivity contribution >= 4 is 17.7 Å². The van der Waals surface area contributed by atoms with Crippen LogP contribution in [0.1, 0.15) is 49.9 Å². The van der Waals surface area contributed by atoms with E-state index in [1.54, 1.807) is 11.8 Å². The maximum atomic E-state index is 11.6. The van der Waals surface area contributed by atoms with E-state index in [4.69, 9.17) is 5.10 Å². The highest BCUT2D eigenvalue weighted by Gasteiger charge is 2.24. The van der Waals surface area contributed by atoms with Crippen molar-refractivity contribution in [3.63, 3.8) is 0 Å². The molecule has 6 heteroatoms. The molecule has 23 heavy (non-hydrogen) atoms. The first-order valence-electron chi connectivity index (χ1n) is 8.81. The summed E-state index contributed by atoms with van der Waals surface area (Å²) < 4.78 is 2.15. The molecule has 1 amide bonds. The van der Waals surface area contributed by atoms with Gasteiger partial charge in [-0.1, -0.05) is 19.3 Å². The number of rotatable bonds is 5. The van der Waals surface area contributed by atoms with Crippen LogP contribution >= 0.6 is 11.8 Å². The van der Waals surface area contributed by atoms with Gasteiger partial charge < -0.3 is 5.32 Å². The molecule has 0 unspecified atom stereocenters. The molecule has 0 radical (unpaired) electrons.